The zero-order chi connectivity index (χ0) is 12.8. The number of benzene rings is 1. The summed E-state index contributed by atoms with van der Waals surface area (Å²) >= 11 is 5.54. The normalized spacial score (nSPS) is 11.3. The lowest BCUT2D eigenvalue weighted by molar-refractivity contribution is 0.0954. The van der Waals surface area contributed by atoms with Crippen LogP contribution in [-0.2, 0) is 0 Å². The van der Waals surface area contributed by atoms with Crippen molar-refractivity contribution in [2.24, 2.45) is 10.9 Å². The van der Waals surface area contributed by atoms with Crippen molar-refractivity contribution in [3.8, 4) is 0 Å². The average Bonchev–Trinajstić information content (AvgIpc) is 2.32. The number of hydrogen-bond donors (Lipinski definition) is 3. The van der Waals surface area contributed by atoms with Gasteiger partial charge in [-0.2, -0.15) is 0 Å². The summed E-state index contributed by atoms with van der Waals surface area (Å²) in [5.41, 5.74) is 5.47. The number of nitrogens with one attached hydrogen (secondary N) is 1. The highest BCUT2D eigenvalue weighted by atomic mass is 35.5. The maximum Gasteiger partial charge on any atom is 0.251 e. The second kappa shape index (κ2) is 6.05. The summed E-state index contributed by atoms with van der Waals surface area (Å²) in [4.78, 5) is 11.5. The van der Waals surface area contributed by atoms with Gasteiger partial charge in [0.1, 0.15) is 11.7 Å². The molecule has 1 rings (SSSR count). The van der Waals surface area contributed by atoms with Gasteiger partial charge in [0.15, 0.2) is 0 Å². The summed E-state index contributed by atoms with van der Waals surface area (Å²) in [5, 5.41) is 13.4. The SMILES string of the molecule is N/C(CCNC(=O)c1ccc(F)c(Cl)c1)=N/O. The molecule has 0 bridgehead atoms. The Morgan fingerprint density at radius 3 is 2.88 bits per heavy atom. The van der Waals surface area contributed by atoms with E-state index in [0.29, 0.717) is 0 Å². The molecule has 92 valence electrons. The van der Waals surface area contributed by atoms with Crippen LogP contribution in [0.5, 0.6) is 0 Å². The quantitative estimate of drug-likeness (QED) is 0.330. The maximum atomic E-state index is 12.8. The van der Waals surface area contributed by atoms with Crippen molar-refractivity contribution in [1.82, 2.24) is 5.32 Å². The van der Waals surface area contributed by atoms with Gasteiger partial charge in [0, 0.05) is 18.5 Å². The van der Waals surface area contributed by atoms with Crippen LogP contribution in [0.2, 0.25) is 5.02 Å². The summed E-state index contributed by atoms with van der Waals surface area (Å²) in [6.07, 6.45) is 0.219. The number of oxime groups is 1. The minimum atomic E-state index is -0.583. The van der Waals surface area contributed by atoms with Crippen LogP contribution >= 0.6 is 11.6 Å². The monoisotopic (exact) mass is 259 g/mol. The van der Waals surface area contributed by atoms with Crippen LogP contribution in [0.25, 0.3) is 0 Å². The molecule has 1 amide bonds. The van der Waals surface area contributed by atoms with Crippen LogP contribution in [0, 0.1) is 5.82 Å². The maximum absolute atomic E-state index is 12.8. The highest BCUT2D eigenvalue weighted by Gasteiger charge is 2.08. The Bertz CT molecular complexity index is 451. The van der Waals surface area contributed by atoms with Crippen molar-refractivity contribution < 1.29 is 14.4 Å². The molecule has 0 unspecified atom stereocenters. The van der Waals surface area contributed by atoms with Crippen molar-refractivity contribution in [3.05, 3.63) is 34.6 Å². The number of carbonyl (C=O) groups is 1. The third-order valence-corrected chi connectivity index (χ3v) is 2.27. The van der Waals surface area contributed by atoms with Crippen molar-refractivity contribution >= 4 is 23.3 Å². The number of amides is 1. The molecule has 0 aromatic heterocycles. The van der Waals surface area contributed by atoms with E-state index in [4.69, 9.17) is 22.5 Å². The standard InChI is InChI=1S/C10H11ClFN3O2/c11-7-5-6(1-2-8(7)12)10(16)14-4-3-9(13)15-17/h1-2,5,17H,3-4H2,(H2,13,15)(H,14,16). The van der Waals surface area contributed by atoms with Gasteiger partial charge in [-0.05, 0) is 18.2 Å². The summed E-state index contributed by atoms with van der Waals surface area (Å²) in [7, 11) is 0. The molecule has 7 heteroatoms. The summed E-state index contributed by atoms with van der Waals surface area (Å²) in [6.45, 7) is 0.212. The molecule has 0 saturated carbocycles. The van der Waals surface area contributed by atoms with E-state index in [2.05, 4.69) is 10.5 Å². The van der Waals surface area contributed by atoms with Crippen LogP contribution in [0.1, 0.15) is 16.8 Å². The van der Waals surface area contributed by atoms with E-state index in [1.165, 1.54) is 12.1 Å². The molecular weight excluding hydrogens is 249 g/mol. The topological polar surface area (TPSA) is 87.7 Å². The Labute approximate surface area is 102 Å². The lowest BCUT2D eigenvalue weighted by atomic mass is 10.2. The predicted molar refractivity (Wildman–Crippen MR) is 61.8 cm³/mol. The Kier molecular flexibility index (Phi) is 4.71. The molecule has 0 spiro atoms. The number of rotatable bonds is 4. The molecule has 17 heavy (non-hydrogen) atoms. The lowest BCUT2D eigenvalue weighted by Crippen LogP contribution is -2.28. The van der Waals surface area contributed by atoms with Crippen LogP contribution in [0.4, 0.5) is 4.39 Å². The predicted octanol–water partition coefficient (Wildman–Crippen LogP) is 1.35. The van der Waals surface area contributed by atoms with Crippen LogP contribution < -0.4 is 11.1 Å². The number of nitrogens with zero attached hydrogens (tertiary/aromatic N) is 1. The first-order chi connectivity index (χ1) is 8.04. The molecule has 0 radical (unpaired) electrons. The molecule has 0 atom stereocenters. The number of hydrogen-bond acceptors (Lipinski definition) is 3. The van der Waals surface area contributed by atoms with Gasteiger partial charge >= 0.3 is 0 Å². The van der Waals surface area contributed by atoms with Crippen molar-refractivity contribution in [2.45, 2.75) is 6.42 Å². The number of halogens is 2. The minimum absolute atomic E-state index is 0.0161. The van der Waals surface area contributed by atoms with E-state index < -0.39 is 11.7 Å². The Balaban J connectivity index is 2.55. The fourth-order valence-corrected chi connectivity index (χ4v) is 1.27. The van der Waals surface area contributed by atoms with Crippen molar-refractivity contribution in [2.75, 3.05) is 6.54 Å². The molecule has 0 aliphatic rings. The first-order valence-electron chi connectivity index (χ1n) is 4.74. The molecule has 4 N–H and O–H groups in total. The summed E-state index contributed by atoms with van der Waals surface area (Å²) in [6, 6.07) is 3.66. The van der Waals surface area contributed by atoms with E-state index in [1.54, 1.807) is 0 Å². The van der Waals surface area contributed by atoms with Gasteiger partial charge in [0.05, 0.1) is 5.02 Å². The lowest BCUT2D eigenvalue weighted by Gasteiger charge is -2.05. The molecule has 0 aliphatic heterocycles. The van der Waals surface area contributed by atoms with E-state index in [1.807, 2.05) is 0 Å². The largest absolute Gasteiger partial charge is 0.409 e. The molecule has 0 heterocycles. The van der Waals surface area contributed by atoms with Gasteiger partial charge in [0.25, 0.3) is 5.91 Å². The van der Waals surface area contributed by atoms with E-state index in [-0.39, 0.29) is 29.4 Å². The van der Waals surface area contributed by atoms with Gasteiger partial charge in [-0.1, -0.05) is 16.8 Å². The first kappa shape index (κ1) is 13.2. The van der Waals surface area contributed by atoms with E-state index >= 15 is 0 Å². The van der Waals surface area contributed by atoms with Gasteiger partial charge in [-0.3, -0.25) is 4.79 Å². The minimum Gasteiger partial charge on any atom is -0.409 e. The average molecular weight is 260 g/mol. The summed E-state index contributed by atoms with van der Waals surface area (Å²) < 4.78 is 12.8. The number of nitrogens with two attached hydrogens (primary N) is 1. The third kappa shape index (κ3) is 3.92. The highest BCUT2D eigenvalue weighted by molar-refractivity contribution is 6.31. The molecular formula is C10H11ClFN3O2. The Morgan fingerprint density at radius 2 is 2.29 bits per heavy atom. The molecule has 1 aromatic carbocycles. The van der Waals surface area contributed by atoms with Gasteiger partial charge in [0.2, 0.25) is 0 Å². The van der Waals surface area contributed by atoms with E-state index in [0.717, 1.165) is 6.07 Å². The van der Waals surface area contributed by atoms with Crippen LogP contribution in [0.3, 0.4) is 0 Å². The van der Waals surface area contributed by atoms with Crippen LogP contribution in [-0.4, -0.2) is 23.5 Å². The van der Waals surface area contributed by atoms with Gasteiger partial charge < -0.3 is 16.3 Å². The second-order valence-corrected chi connectivity index (χ2v) is 3.63. The molecule has 0 saturated heterocycles. The smallest absolute Gasteiger partial charge is 0.251 e. The van der Waals surface area contributed by atoms with E-state index in [9.17, 15) is 9.18 Å². The zero-order valence-corrected chi connectivity index (χ0v) is 9.54. The molecule has 0 aliphatic carbocycles. The molecule has 5 nitrogen and oxygen atoms in total. The molecule has 0 fully saturated rings. The van der Waals surface area contributed by atoms with Crippen molar-refractivity contribution in [1.29, 1.82) is 0 Å². The summed E-state index contributed by atoms with van der Waals surface area (Å²) in [5.74, 6) is -0.972. The first-order valence-corrected chi connectivity index (χ1v) is 5.12. The molecule has 1 aromatic rings. The Morgan fingerprint density at radius 1 is 1.59 bits per heavy atom. The van der Waals surface area contributed by atoms with Crippen molar-refractivity contribution in [3.63, 3.8) is 0 Å². The Hall–Kier alpha value is -1.82. The third-order valence-electron chi connectivity index (χ3n) is 1.98. The highest BCUT2D eigenvalue weighted by Crippen LogP contribution is 2.15. The van der Waals surface area contributed by atoms with Crippen LogP contribution in [0.15, 0.2) is 23.4 Å². The van der Waals surface area contributed by atoms with Gasteiger partial charge in [-0.15, -0.1) is 0 Å². The second-order valence-electron chi connectivity index (χ2n) is 3.23. The number of amidine groups is 1. The van der Waals surface area contributed by atoms with Gasteiger partial charge in [-0.25, -0.2) is 4.39 Å². The fraction of sp³-hybridized carbons (Fsp3) is 0.200. The zero-order valence-electron chi connectivity index (χ0n) is 8.78. The number of carbonyl (C=O) groups excluding carboxylic acids is 1. The fourth-order valence-electron chi connectivity index (χ4n) is 1.09.